The van der Waals surface area contributed by atoms with Crippen molar-refractivity contribution in [1.29, 1.82) is 0 Å². The fourth-order valence-corrected chi connectivity index (χ4v) is 1.74. The fraction of sp³-hybridized carbons (Fsp3) is 0.0769. The summed E-state index contributed by atoms with van der Waals surface area (Å²) in [5, 5.41) is 0. The standard InChI is InChI=1S/C13H11FN2O2/c1-16-6-10(8-3-2-4-9(14)5-8)12(17)11(7-16)13(15)18/h2-7H,1H3,(H2,15,18). The number of benzene rings is 1. The lowest BCUT2D eigenvalue weighted by Crippen LogP contribution is -2.24. The summed E-state index contributed by atoms with van der Waals surface area (Å²) in [4.78, 5) is 23.2. The topological polar surface area (TPSA) is 65.1 Å². The van der Waals surface area contributed by atoms with Gasteiger partial charge in [0, 0.05) is 25.0 Å². The van der Waals surface area contributed by atoms with Crippen molar-refractivity contribution in [2.45, 2.75) is 0 Å². The van der Waals surface area contributed by atoms with Crippen molar-refractivity contribution in [2.75, 3.05) is 0 Å². The van der Waals surface area contributed by atoms with Crippen LogP contribution in [0.4, 0.5) is 4.39 Å². The normalized spacial score (nSPS) is 10.3. The molecule has 5 heteroatoms. The zero-order valence-electron chi connectivity index (χ0n) is 9.68. The number of nitrogens with zero attached hydrogens (tertiary/aromatic N) is 1. The Hall–Kier alpha value is -2.43. The Labute approximate surface area is 102 Å². The van der Waals surface area contributed by atoms with Gasteiger partial charge in [0.25, 0.3) is 5.91 Å². The predicted molar refractivity (Wildman–Crippen MR) is 65.6 cm³/mol. The van der Waals surface area contributed by atoms with Crippen molar-refractivity contribution in [3.63, 3.8) is 0 Å². The van der Waals surface area contributed by atoms with Crippen LogP contribution in [0.25, 0.3) is 11.1 Å². The van der Waals surface area contributed by atoms with E-state index in [1.807, 2.05) is 0 Å². The van der Waals surface area contributed by atoms with Gasteiger partial charge in [-0.15, -0.1) is 0 Å². The summed E-state index contributed by atoms with van der Waals surface area (Å²) in [5.41, 5.74) is 5.19. The number of amides is 1. The maximum absolute atomic E-state index is 13.1. The van der Waals surface area contributed by atoms with E-state index in [-0.39, 0.29) is 11.1 Å². The Bertz CT molecular complexity index is 677. The van der Waals surface area contributed by atoms with Crippen LogP contribution < -0.4 is 11.2 Å². The Morgan fingerprint density at radius 2 is 2.06 bits per heavy atom. The van der Waals surface area contributed by atoms with Crippen molar-refractivity contribution in [3.05, 3.63) is 58.3 Å². The Morgan fingerprint density at radius 3 is 2.67 bits per heavy atom. The number of halogens is 1. The molecule has 2 N–H and O–H groups in total. The Kier molecular flexibility index (Phi) is 2.97. The van der Waals surface area contributed by atoms with Gasteiger partial charge in [0.05, 0.1) is 0 Å². The highest BCUT2D eigenvalue weighted by Gasteiger charge is 2.13. The van der Waals surface area contributed by atoms with E-state index in [2.05, 4.69) is 0 Å². The molecule has 4 nitrogen and oxygen atoms in total. The third kappa shape index (κ3) is 2.15. The molecule has 0 bridgehead atoms. The first-order chi connectivity index (χ1) is 8.49. The summed E-state index contributed by atoms with van der Waals surface area (Å²) >= 11 is 0. The molecular weight excluding hydrogens is 235 g/mol. The zero-order valence-corrected chi connectivity index (χ0v) is 9.68. The number of hydrogen-bond donors (Lipinski definition) is 1. The summed E-state index contributed by atoms with van der Waals surface area (Å²) in [5.74, 6) is -1.24. The second-order valence-electron chi connectivity index (χ2n) is 3.95. The van der Waals surface area contributed by atoms with Gasteiger partial charge in [-0.3, -0.25) is 9.59 Å². The average Bonchev–Trinajstić information content (AvgIpc) is 2.31. The number of aryl methyl sites for hydroxylation is 1. The number of nitrogens with two attached hydrogens (primary N) is 1. The molecule has 0 aliphatic rings. The van der Waals surface area contributed by atoms with Crippen LogP contribution in [0, 0.1) is 5.82 Å². The van der Waals surface area contributed by atoms with Gasteiger partial charge in [-0.2, -0.15) is 0 Å². The van der Waals surface area contributed by atoms with Gasteiger partial charge in [0.2, 0.25) is 5.43 Å². The van der Waals surface area contributed by atoms with Crippen LogP contribution in [0.2, 0.25) is 0 Å². The molecule has 0 atom stereocenters. The van der Waals surface area contributed by atoms with E-state index >= 15 is 0 Å². The van der Waals surface area contributed by atoms with Crippen molar-refractivity contribution in [3.8, 4) is 11.1 Å². The summed E-state index contributed by atoms with van der Waals surface area (Å²) in [6.45, 7) is 0. The van der Waals surface area contributed by atoms with Gasteiger partial charge < -0.3 is 10.3 Å². The number of hydrogen-bond acceptors (Lipinski definition) is 2. The maximum Gasteiger partial charge on any atom is 0.254 e. The van der Waals surface area contributed by atoms with E-state index in [9.17, 15) is 14.0 Å². The lowest BCUT2D eigenvalue weighted by molar-refractivity contribution is 0.0998. The Morgan fingerprint density at radius 1 is 1.33 bits per heavy atom. The number of carbonyl (C=O) groups is 1. The molecule has 1 aromatic carbocycles. The van der Waals surface area contributed by atoms with Crippen molar-refractivity contribution in [1.82, 2.24) is 4.57 Å². The minimum Gasteiger partial charge on any atom is -0.365 e. The van der Waals surface area contributed by atoms with Crippen LogP contribution in [0.1, 0.15) is 10.4 Å². The van der Waals surface area contributed by atoms with Gasteiger partial charge in [-0.1, -0.05) is 12.1 Å². The molecule has 18 heavy (non-hydrogen) atoms. The lowest BCUT2D eigenvalue weighted by Gasteiger charge is -2.06. The summed E-state index contributed by atoms with van der Waals surface area (Å²) in [7, 11) is 1.66. The lowest BCUT2D eigenvalue weighted by atomic mass is 10.0. The molecule has 0 unspecified atom stereocenters. The van der Waals surface area contributed by atoms with Gasteiger partial charge in [-0.05, 0) is 17.7 Å². The van der Waals surface area contributed by atoms with E-state index in [0.717, 1.165) is 0 Å². The highest BCUT2D eigenvalue weighted by molar-refractivity contribution is 5.93. The maximum atomic E-state index is 13.1. The first-order valence-electron chi connectivity index (χ1n) is 5.25. The zero-order chi connectivity index (χ0) is 13.3. The van der Waals surface area contributed by atoms with Gasteiger partial charge in [0.15, 0.2) is 0 Å². The number of carbonyl (C=O) groups excluding carboxylic acids is 1. The molecule has 92 valence electrons. The van der Waals surface area contributed by atoms with Crippen LogP contribution in [0.3, 0.4) is 0 Å². The van der Waals surface area contributed by atoms with Gasteiger partial charge >= 0.3 is 0 Å². The third-order valence-electron chi connectivity index (χ3n) is 2.56. The van der Waals surface area contributed by atoms with Gasteiger partial charge in [-0.25, -0.2) is 4.39 Å². The molecule has 0 saturated carbocycles. The first-order valence-corrected chi connectivity index (χ1v) is 5.25. The number of pyridine rings is 1. The average molecular weight is 246 g/mol. The highest BCUT2D eigenvalue weighted by atomic mass is 19.1. The molecule has 0 fully saturated rings. The smallest absolute Gasteiger partial charge is 0.254 e. The monoisotopic (exact) mass is 246 g/mol. The predicted octanol–water partition coefficient (Wildman–Crippen LogP) is 1.29. The van der Waals surface area contributed by atoms with E-state index in [1.165, 1.54) is 30.6 Å². The van der Waals surface area contributed by atoms with Crippen molar-refractivity contribution in [2.24, 2.45) is 12.8 Å². The molecule has 2 rings (SSSR count). The second kappa shape index (κ2) is 4.44. The van der Waals surface area contributed by atoms with Gasteiger partial charge in [0.1, 0.15) is 11.4 Å². The van der Waals surface area contributed by atoms with Crippen LogP contribution in [-0.4, -0.2) is 10.5 Å². The minimum atomic E-state index is -0.797. The summed E-state index contributed by atoms with van der Waals surface area (Å²) in [6.07, 6.45) is 2.89. The second-order valence-corrected chi connectivity index (χ2v) is 3.95. The van der Waals surface area contributed by atoms with Crippen molar-refractivity contribution < 1.29 is 9.18 Å². The quantitative estimate of drug-likeness (QED) is 0.867. The van der Waals surface area contributed by atoms with E-state index in [1.54, 1.807) is 17.7 Å². The molecule has 0 aliphatic carbocycles. The highest BCUT2D eigenvalue weighted by Crippen LogP contribution is 2.16. The first kappa shape index (κ1) is 12.0. The SMILES string of the molecule is Cn1cc(C(N)=O)c(=O)c(-c2cccc(F)c2)c1. The van der Waals surface area contributed by atoms with Crippen LogP contribution >= 0.6 is 0 Å². The number of primary amides is 1. The largest absolute Gasteiger partial charge is 0.365 e. The molecule has 0 radical (unpaired) electrons. The molecule has 2 aromatic rings. The van der Waals surface area contributed by atoms with E-state index < -0.39 is 17.2 Å². The van der Waals surface area contributed by atoms with E-state index in [4.69, 9.17) is 5.73 Å². The molecular formula is C13H11FN2O2. The van der Waals surface area contributed by atoms with E-state index in [0.29, 0.717) is 5.56 Å². The molecule has 0 spiro atoms. The molecule has 1 heterocycles. The molecule has 1 amide bonds. The fourth-order valence-electron chi connectivity index (χ4n) is 1.74. The summed E-state index contributed by atoms with van der Waals surface area (Å²) < 4.78 is 14.7. The molecule has 0 saturated heterocycles. The van der Waals surface area contributed by atoms with Crippen LogP contribution in [0.15, 0.2) is 41.5 Å². The number of rotatable bonds is 2. The molecule has 0 aliphatic heterocycles. The van der Waals surface area contributed by atoms with Crippen molar-refractivity contribution >= 4 is 5.91 Å². The summed E-state index contributed by atoms with van der Waals surface area (Å²) in [6, 6.07) is 5.62. The third-order valence-corrected chi connectivity index (χ3v) is 2.56. The number of aromatic nitrogens is 1. The van der Waals surface area contributed by atoms with Crippen LogP contribution in [0.5, 0.6) is 0 Å². The molecule has 1 aromatic heterocycles. The Balaban J connectivity index is 2.72. The van der Waals surface area contributed by atoms with Crippen LogP contribution in [-0.2, 0) is 7.05 Å². The minimum absolute atomic E-state index is 0.112.